The first kappa shape index (κ1) is 121. The number of nitrogens with one attached hydrogen (secondary N) is 16. The summed E-state index contributed by atoms with van der Waals surface area (Å²) in [6.07, 6.45) is -3.80. The van der Waals surface area contributed by atoms with E-state index in [9.17, 15) is 127 Å². The lowest BCUT2D eigenvalue weighted by atomic mass is 9.96. The van der Waals surface area contributed by atoms with E-state index in [1.54, 1.807) is 67.8 Å². The van der Waals surface area contributed by atoms with Crippen LogP contribution in [0.4, 0.5) is 0 Å². The number of rotatable bonds is 63. The maximum Gasteiger partial charge on any atom is 0.305 e. The van der Waals surface area contributed by atoms with Gasteiger partial charge < -0.3 is 147 Å². The first-order chi connectivity index (χ1) is 69.8. The number of aliphatic carboxylic acids is 6. The number of carboxylic acid groups (broad SMARTS) is 6. The van der Waals surface area contributed by atoms with Gasteiger partial charge in [0.2, 0.25) is 94.5 Å². The Bertz CT molecular complexity index is 5480. The number of allylic oxidation sites excluding steroid dienone is 1. The van der Waals surface area contributed by atoms with Crippen molar-refractivity contribution in [2.45, 2.75) is 279 Å². The Morgan fingerprint density at radius 2 is 0.810 bits per heavy atom. The molecule has 30 N–H and O–H groups in total. The molecule has 804 valence electrons. The number of H-pyrrole nitrogens is 2. The van der Waals surface area contributed by atoms with Gasteiger partial charge in [-0.3, -0.25) is 105 Å². The second-order valence-corrected chi connectivity index (χ2v) is 36.6. The molecule has 0 spiro atoms. The Morgan fingerprint density at radius 3 is 1.22 bits per heavy atom. The maximum absolute atomic E-state index is 15.2. The lowest BCUT2D eigenvalue weighted by Gasteiger charge is -2.33. The van der Waals surface area contributed by atoms with E-state index in [1.165, 1.54) is 68.3 Å². The Balaban J connectivity index is 1.30. The van der Waals surface area contributed by atoms with Gasteiger partial charge in [0.1, 0.15) is 96.4 Å². The van der Waals surface area contributed by atoms with Crippen molar-refractivity contribution in [2.75, 3.05) is 31.6 Å². The van der Waals surface area contributed by atoms with Crippen molar-refractivity contribution in [3.8, 4) is 5.75 Å². The van der Waals surface area contributed by atoms with Gasteiger partial charge in [0.25, 0.3) is 0 Å². The van der Waals surface area contributed by atoms with Crippen LogP contribution in [-0.4, -0.2) is 314 Å². The zero-order valence-corrected chi connectivity index (χ0v) is 82.8. The molecule has 1 aliphatic heterocycles. The van der Waals surface area contributed by atoms with Crippen molar-refractivity contribution < 1.29 is 146 Å². The fourth-order valence-electron chi connectivity index (χ4n) is 15.8. The van der Waals surface area contributed by atoms with E-state index in [2.05, 4.69) is 84.4 Å². The normalized spacial score (nSPS) is 16.6. The second kappa shape index (κ2) is 61.2. The van der Waals surface area contributed by atoms with Crippen molar-refractivity contribution in [2.24, 2.45) is 23.1 Å². The number of carboxylic acids is 6. The molecule has 17 atom stereocenters. The van der Waals surface area contributed by atoms with Gasteiger partial charge in [-0.05, 0) is 169 Å². The first-order valence-corrected chi connectivity index (χ1v) is 49.4. The van der Waals surface area contributed by atoms with Gasteiger partial charge in [-0.15, -0.1) is 0 Å². The molecule has 5 aromatic rings. The zero-order chi connectivity index (χ0) is 109. The molecule has 3 aromatic carbocycles. The highest BCUT2D eigenvalue weighted by Gasteiger charge is 2.42. The number of para-hydroxylation sites is 2. The molecule has 6 rings (SSSR count). The first-order valence-electron chi connectivity index (χ1n) is 48.0. The fourth-order valence-corrected chi connectivity index (χ4v) is 16.3. The number of carbonyl (C=O) groups is 22. The number of phenolic OH excluding ortho intramolecular Hbond substituents is 1. The van der Waals surface area contributed by atoms with Gasteiger partial charge in [-0.1, -0.05) is 81.0 Å². The number of nitrogens with two attached hydrogens (primary N) is 3. The van der Waals surface area contributed by atoms with E-state index >= 15 is 19.2 Å². The number of benzene rings is 3. The number of amides is 16. The summed E-state index contributed by atoms with van der Waals surface area (Å²) < 4.78 is 0. The van der Waals surface area contributed by atoms with Crippen LogP contribution in [0.25, 0.3) is 21.8 Å². The van der Waals surface area contributed by atoms with Crippen LogP contribution >= 0.6 is 11.8 Å². The van der Waals surface area contributed by atoms with Crippen molar-refractivity contribution >= 4 is 164 Å². The monoisotopic (exact) mass is 2080 g/mol. The summed E-state index contributed by atoms with van der Waals surface area (Å²) in [4.78, 5) is 313. The molecule has 0 radical (unpaired) electrons. The van der Waals surface area contributed by atoms with E-state index in [0.717, 1.165) is 11.8 Å². The molecule has 0 fully saturated rings. The van der Waals surface area contributed by atoms with Crippen LogP contribution in [0.3, 0.4) is 0 Å². The van der Waals surface area contributed by atoms with Crippen LogP contribution in [-0.2, 0) is 125 Å². The molecule has 51 heteroatoms. The number of aromatic nitrogens is 2. The molecule has 0 saturated carbocycles. The molecule has 0 aliphatic carbocycles. The third-order valence-corrected chi connectivity index (χ3v) is 24.9. The van der Waals surface area contributed by atoms with E-state index in [4.69, 9.17) is 17.2 Å². The number of phenols is 1. The van der Waals surface area contributed by atoms with Crippen molar-refractivity contribution in [3.63, 3.8) is 0 Å². The van der Waals surface area contributed by atoms with Crippen LogP contribution in [0.2, 0.25) is 0 Å². The van der Waals surface area contributed by atoms with E-state index in [1.807, 2.05) is 0 Å². The minimum absolute atomic E-state index is 0.0195. The van der Waals surface area contributed by atoms with Gasteiger partial charge in [0.15, 0.2) is 0 Å². The summed E-state index contributed by atoms with van der Waals surface area (Å²) in [5, 5.41) is 115. The van der Waals surface area contributed by atoms with Gasteiger partial charge in [-0.25, -0.2) is 0 Å². The number of aliphatic hydroxyl groups is 1. The van der Waals surface area contributed by atoms with E-state index in [-0.39, 0.29) is 114 Å². The average Bonchev–Trinajstić information content (AvgIpc) is 1.64. The number of hydrogen-bond acceptors (Lipinski definition) is 27. The van der Waals surface area contributed by atoms with Crippen LogP contribution in [0.1, 0.15) is 179 Å². The number of thioether (sulfide) groups is 1. The number of fused-ring (bicyclic) bond motifs is 2. The summed E-state index contributed by atoms with van der Waals surface area (Å²) in [7, 11) is 0. The molecular formula is C96H134N20O30S. The van der Waals surface area contributed by atoms with Crippen molar-refractivity contribution in [1.29, 1.82) is 0 Å². The average molecular weight is 2080 g/mol. The predicted molar refractivity (Wildman–Crippen MR) is 528 cm³/mol. The predicted octanol–water partition coefficient (Wildman–Crippen LogP) is -2.54. The number of aliphatic hydroxyl groups excluding tert-OH is 1. The molecule has 147 heavy (non-hydrogen) atoms. The summed E-state index contributed by atoms with van der Waals surface area (Å²) in [5.41, 5.74) is 19.2. The lowest BCUT2D eigenvalue weighted by molar-refractivity contribution is -0.143. The van der Waals surface area contributed by atoms with Gasteiger partial charge in [-0.2, -0.15) is 11.8 Å². The number of unbranched alkanes of at least 4 members (excludes halogenated alkanes) is 2. The van der Waals surface area contributed by atoms with E-state index < -0.39 is 310 Å². The second-order valence-electron chi connectivity index (χ2n) is 35.6. The number of primary amides is 1. The van der Waals surface area contributed by atoms with E-state index in [0.29, 0.717) is 32.9 Å². The summed E-state index contributed by atoms with van der Waals surface area (Å²) in [6, 6.07) is -7.93. The standard InChI is InChI=1S/C96H134N20O30S/c1-6-50(2)80(95(145)108-67(33-38-78(128)129)87(137)106-65(31-36-76(124)125)88(138)111-69(44-53-25-27-56(118)28-26-53)94(144)115-81(52(4)117)82(99)132)114-90(140)62(23-14-16-41-98)103-84(134)61(22-13-15-40-97)104-93(143)72(47-79(130)131)113-92(142)71(46-55-49-101-60-21-12-10-19-58(55)60)112-89(139)66(32-37-77(126)127)105-86(136)64(30-35-75(122)123)107-91(141)70(45-54-48-100-59-20-11-9-18-57(54)59)110-83(133)51(3)116-42-17-7-8-24-73(119)102-63(29-34-74(120)121)85(135)109-68(96(116)146)39-43-147-5/h7,9-12,17-21,25-28,48-52,61-72,80-81,100-101,117-118H,6,8,13-16,22-24,29-47,97-98H2,1-5H3,(H2,99,132)(H,102,119)(H,103,134)(H,104,143)(H,105,136)(H,106,137)(H,107,141)(H,108,145)(H,109,135)(H,110,133)(H,111,138)(H,112,139)(H,113,142)(H,114,140)(H,115,144)(H,120,121)(H,122,123)(H,124,125)(H,126,127)(H,128,129)(H,130,131)/b17-7+/t50-,51-,52+,61-,62-,63-,64-,65-,66-,67-,68-,69-,70-,71-,72-,80-,81-/m0/s1. The third kappa shape index (κ3) is 40.4. The molecule has 3 heterocycles. The van der Waals surface area contributed by atoms with Crippen LogP contribution in [0, 0.1) is 5.92 Å². The minimum Gasteiger partial charge on any atom is -0.508 e. The number of nitrogens with zero attached hydrogens (tertiary/aromatic N) is 1. The Kier molecular flexibility index (Phi) is 50.2. The molecule has 1 aliphatic rings. The quantitative estimate of drug-likeness (QED) is 0.0141. The summed E-state index contributed by atoms with van der Waals surface area (Å²) >= 11 is 1.30. The summed E-state index contributed by atoms with van der Waals surface area (Å²) in [6.45, 7) is 5.29. The Hall–Kier alpha value is -15.1. The van der Waals surface area contributed by atoms with Crippen LogP contribution in [0.5, 0.6) is 5.75 Å². The highest BCUT2D eigenvalue weighted by molar-refractivity contribution is 7.98. The number of hydrogen-bond donors (Lipinski definition) is 27. The number of aromatic amines is 2. The number of carbonyl (C=O) groups excluding carboxylic acids is 16. The molecule has 50 nitrogen and oxygen atoms in total. The SMILES string of the molecule is CC[C@H](C)[C@H](NC(=O)[C@H](CCCCN)NC(=O)[C@H](CCCCN)NC(=O)[C@H](CC(=O)O)NC(=O)[C@H](Cc1c[nH]c2ccccc12)NC(=O)[C@H](CCC(=O)O)NC(=O)[C@H](CCC(=O)O)NC(=O)[C@H](Cc1c[nH]c2ccccc12)NC(=O)[C@H](C)N1C/C=C/CCC(=O)N[C@@H](CCC(=O)O)C(=O)N[C@@H](CCSC)C1=O)C(=O)N[C@@H](CCC(=O)O)C(=O)N[C@@H](CCC(=O)O)C(=O)N[C@@H](Cc1ccc(O)cc1)C(=O)N[C@H](C(N)=O)[C@@H](C)O. The molecular weight excluding hydrogens is 1950 g/mol. The lowest BCUT2D eigenvalue weighted by Crippen LogP contribution is -2.62. The molecule has 0 unspecified atom stereocenters. The third-order valence-electron chi connectivity index (χ3n) is 24.3. The molecule has 0 bridgehead atoms. The number of aromatic hydroxyl groups is 1. The van der Waals surface area contributed by atoms with Gasteiger partial charge >= 0.3 is 35.8 Å². The highest BCUT2D eigenvalue weighted by atomic mass is 32.2. The van der Waals surface area contributed by atoms with Crippen LogP contribution in [0.15, 0.2) is 97.3 Å². The molecule has 2 aromatic heterocycles. The van der Waals surface area contributed by atoms with Gasteiger partial charge in [0, 0.05) is 98.5 Å². The molecule has 0 saturated heterocycles. The smallest absolute Gasteiger partial charge is 0.305 e. The Morgan fingerprint density at radius 1 is 0.429 bits per heavy atom. The largest absolute Gasteiger partial charge is 0.508 e. The topological polar surface area (TPSA) is 819 Å². The van der Waals surface area contributed by atoms with Gasteiger partial charge in [0.05, 0.1) is 12.5 Å². The zero-order valence-electron chi connectivity index (χ0n) is 82.0. The molecule has 16 amide bonds. The maximum atomic E-state index is 15.2. The summed E-state index contributed by atoms with van der Waals surface area (Å²) in [5.74, 6) is -27.8. The fraction of sp³-hybridized carbons (Fsp3) is 0.521. The minimum atomic E-state index is -2.18. The highest BCUT2D eigenvalue weighted by Crippen LogP contribution is 2.25. The van der Waals surface area contributed by atoms with Crippen molar-refractivity contribution in [3.05, 3.63) is 114 Å². The Labute approximate surface area is 848 Å². The van der Waals surface area contributed by atoms with Crippen molar-refractivity contribution in [1.82, 2.24) is 89.3 Å². The van der Waals surface area contributed by atoms with Crippen LogP contribution < -0.4 is 91.6 Å².